The molecule has 2 nitrogen and oxygen atoms in total. The second-order valence-corrected chi connectivity index (χ2v) is 6.37. The Morgan fingerprint density at radius 3 is 2.94 bits per heavy atom. The van der Waals surface area contributed by atoms with Crippen molar-refractivity contribution in [2.75, 3.05) is 6.61 Å². The summed E-state index contributed by atoms with van der Waals surface area (Å²) < 4.78 is 12.4. The Morgan fingerprint density at radius 2 is 2.12 bits per heavy atom. The first-order valence-corrected chi connectivity index (χ1v) is 7.58. The molecule has 0 N–H and O–H groups in total. The van der Waals surface area contributed by atoms with Crippen LogP contribution in [0.3, 0.4) is 0 Å². The fourth-order valence-electron chi connectivity index (χ4n) is 2.65. The Morgan fingerprint density at radius 1 is 1.24 bits per heavy atom. The number of alkyl halides is 1. The van der Waals surface area contributed by atoms with Gasteiger partial charge in [-0.1, -0.05) is 46.9 Å². The summed E-state index contributed by atoms with van der Waals surface area (Å²) in [7, 11) is 0. The molecule has 0 amide bonds. The molecule has 1 aromatic carbocycles. The summed E-state index contributed by atoms with van der Waals surface area (Å²) >= 11 is 2.50. The SMILES string of the molecule is IC1Cc2ccccc2C1OC1CCCCO1. The van der Waals surface area contributed by atoms with Crippen LogP contribution in [0.1, 0.15) is 36.5 Å². The highest BCUT2D eigenvalue weighted by molar-refractivity contribution is 14.1. The van der Waals surface area contributed by atoms with E-state index in [4.69, 9.17) is 9.47 Å². The van der Waals surface area contributed by atoms with Crippen molar-refractivity contribution in [2.24, 2.45) is 0 Å². The summed E-state index contributed by atoms with van der Waals surface area (Å²) in [6.07, 6.45) is 4.79. The van der Waals surface area contributed by atoms with Gasteiger partial charge in [0.2, 0.25) is 0 Å². The summed E-state index contributed by atoms with van der Waals surface area (Å²) in [5, 5.41) is 0. The Hall–Kier alpha value is -0.130. The minimum atomic E-state index is 0.0113. The summed E-state index contributed by atoms with van der Waals surface area (Å²) in [4.78, 5) is 0. The molecule has 1 aliphatic heterocycles. The zero-order valence-corrected chi connectivity index (χ0v) is 11.9. The average Bonchev–Trinajstić information content (AvgIpc) is 2.68. The Balaban J connectivity index is 1.74. The van der Waals surface area contributed by atoms with Gasteiger partial charge in [-0.25, -0.2) is 0 Å². The minimum absolute atomic E-state index is 0.0113. The van der Waals surface area contributed by atoms with Crippen molar-refractivity contribution in [1.82, 2.24) is 0 Å². The van der Waals surface area contributed by atoms with E-state index in [9.17, 15) is 0 Å². The quantitative estimate of drug-likeness (QED) is 0.603. The van der Waals surface area contributed by atoms with Crippen molar-refractivity contribution in [3.63, 3.8) is 0 Å². The molecule has 3 heteroatoms. The summed E-state index contributed by atoms with van der Waals surface area (Å²) in [6.45, 7) is 0.852. The first kappa shape index (κ1) is 11.9. The molecule has 2 aliphatic rings. The molecule has 1 heterocycles. The summed E-state index contributed by atoms with van der Waals surface area (Å²) in [5.41, 5.74) is 2.80. The van der Waals surface area contributed by atoms with Gasteiger partial charge in [-0.05, 0) is 36.8 Å². The average molecular weight is 344 g/mol. The fraction of sp³-hybridized carbons (Fsp3) is 0.571. The third-order valence-corrected chi connectivity index (χ3v) is 4.63. The number of fused-ring (bicyclic) bond motifs is 1. The van der Waals surface area contributed by atoms with E-state index in [0.717, 1.165) is 19.4 Å². The second-order valence-electron chi connectivity index (χ2n) is 4.77. The lowest BCUT2D eigenvalue weighted by molar-refractivity contribution is -0.187. The van der Waals surface area contributed by atoms with Crippen LogP contribution >= 0.6 is 22.6 Å². The maximum atomic E-state index is 6.16. The van der Waals surface area contributed by atoms with Crippen LogP contribution in [0.25, 0.3) is 0 Å². The van der Waals surface area contributed by atoms with Gasteiger partial charge < -0.3 is 9.47 Å². The molecule has 0 spiro atoms. The molecular formula is C14H17IO2. The first-order chi connectivity index (χ1) is 8.34. The van der Waals surface area contributed by atoms with Crippen LogP contribution in [0.5, 0.6) is 0 Å². The molecular weight excluding hydrogens is 327 g/mol. The molecule has 0 bridgehead atoms. The van der Waals surface area contributed by atoms with Crippen LogP contribution in [-0.2, 0) is 15.9 Å². The number of hydrogen-bond acceptors (Lipinski definition) is 2. The maximum absolute atomic E-state index is 6.16. The van der Waals surface area contributed by atoms with E-state index in [0.29, 0.717) is 3.92 Å². The predicted molar refractivity (Wildman–Crippen MR) is 75.4 cm³/mol. The molecule has 1 aliphatic carbocycles. The van der Waals surface area contributed by atoms with Crippen molar-refractivity contribution >= 4 is 22.6 Å². The van der Waals surface area contributed by atoms with E-state index in [2.05, 4.69) is 46.9 Å². The van der Waals surface area contributed by atoms with Gasteiger partial charge >= 0.3 is 0 Å². The van der Waals surface area contributed by atoms with Crippen LogP contribution in [-0.4, -0.2) is 16.8 Å². The van der Waals surface area contributed by atoms with Crippen molar-refractivity contribution in [3.05, 3.63) is 35.4 Å². The van der Waals surface area contributed by atoms with Crippen LogP contribution in [0.4, 0.5) is 0 Å². The molecule has 3 rings (SSSR count). The number of benzene rings is 1. The molecule has 1 aromatic rings. The molecule has 3 atom stereocenters. The Kier molecular flexibility index (Phi) is 3.68. The maximum Gasteiger partial charge on any atom is 0.158 e. The van der Waals surface area contributed by atoms with E-state index in [1.807, 2.05) is 0 Å². The molecule has 17 heavy (non-hydrogen) atoms. The van der Waals surface area contributed by atoms with Crippen molar-refractivity contribution in [2.45, 2.75) is 42.0 Å². The standard InChI is InChI=1S/C14H17IO2/c15-12-9-10-5-1-2-6-11(10)14(12)17-13-7-3-4-8-16-13/h1-2,5-6,12-14H,3-4,7-9H2. The van der Waals surface area contributed by atoms with Crippen LogP contribution in [0, 0.1) is 0 Å². The van der Waals surface area contributed by atoms with Gasteiger partial charge in [-0.15, -0.1) is 0 Å². The van der Waals surface area contributed by atoms with Gasteiger partial charge in [0.15, 0.2) is 6.29 Å². The zero-order valence-electron chi connectivity index (χ0n) is 9.77. The molecule has 92 valence electrons. The van der Waals surface area contributed by atoms with Gasteiger partial charge in [0.25, 0.3) is 0 Å². The highest BCUT2D eigenvalue weighted by atomic mass is 127. The summed E-state index contributed by atoms with van der Waals surface area (Å²) in [6, 6.07) is 8.63. The zero-order chi connectivity index (χ0) is 11.7. The summed E-state index contributed by atoms with van der Waals surface area (Å²) in [5.74, 6) is 0. The number of halogens is 1. The Bertz CT molecular complexity index is 388. The topological polar surface area (TPSA) is 18.5 Å². The van der Waals surface area contributed by atoms with Crippen molar-refractivity contribution in [1.29, 1.82) is 0 Å². The highest BCUT2D eigenvalue weighted by Gasteiger charge is 2.33. The minimum Gasteiger partial charge on any atom is -0.353 e. The van der Waals surface area contributed by atoms with Crippen LogP contribution in [0.2, 0.25) is 0 Å². The van der Waals surface area contributed by atoms with E-state index in [1.54, 1.807) is 0 Å². The number of rotatable bonds is 2. The van der Waals surface area contributed by atoms with Gasteiger partial charge in [-0.2, -0.15) is 0 Å². The number of hydrogen-bond donors (Lipinski definition) is 0. The molecule has 1 fully saturated rings. The lowest BCUT2D eigenvalue weighted by Gasteiger charge is -2.27. The van der Waals surface area contributed by atoms with Crippen LogP contribution in [0.15, 0.2) is 24.3 Å². The molecule has 1 saturated heterocycles. The smallest absolute Gasteiger partial charge is 0.158 e. The van der Waals surface area contributed by atoms with E-state index < -0.39 is 0 Å². The number of ether oxygens (including phenoxy) is 2. The van der Waals surface area contributed by atoms with Gasteiger partial charge in [0.05, 0.1) is 6.10 Å². The highest BCUT2D eigenvalue weighted by Crippen LogP contribution is 2.40. The largest absolute Gasteiger partial charge is 0.353 e. The second kappa shape index (κ2) is 5.24. The lowest BCUT2D eigenvalue weighted by atomic mass is 10.1. The lowest BCUT2D eigenvalue weighted by Crippen LogP contribution is -2.26. The monoisotopic (exact) mass is 344 g/mol. The van der Waals surface area contributed by atoms with Crippen molar-refractivity contribution < 1.29 is 9.47 Å². The van der Waals surface area contributed by atoms with Gasteiger partial charge in [-0.3, -0.25) is 0 Å². The van der Waals surface area contributed by atoms with Crippen molar-refractivity contribution in [3.8, 4) is 0 Å². The fourth-order valence-corrected chi connectivity index (χ4v) is 3.68. The van der Waals surface area contributed by atoms with Gasteiger partial charge in [0.1, 0.15) is 0 Å². The van der Waals surface area contributed by atoms with E-state index in [1.165, 1.54) is 24.0 Å². The normalized spacial score (nSPS) is 32.4. The third kappa shape index (κ3) is 2.51. The molecule has 3 unspecified atom stereocenters. The predicted octanol–water partition coefficient (Wildman–Crippen LogP) is 3.63. The molecule has 0 radical (unpaired) electrons. The van der Waals surface area contributed by atoms with Crippen LogP contribution < -0.4 is 0 Å². The third-order valence-electron chi connectivity index (χ3n) is 3.54. The molecule has 0 saturated carbocycles. The molecule has 0 aromatic heterocycles. The van der Waals surface area contributed by atoms with Gasteiger partial charge in [0, 0.05) is 10.5 Å². The Labute approximate surface area is 116 Å². The van der Waals surface area contributed by atoms with E-state index >= 15 is 0 Å². The van der Waals surface area contributed by atoms with E-state index in [-0.39, 0.29) is 12.4 Å². The first-order valence-electron chi connectivity index (χ1n) is 6.33.